The van der Waals surface area contributed by atoms with Crippen molar-refractivity contribution in [1.29, 1.82) is 0 Å². The third-order valence-electron chi connectivity index (χ3n) is 1.87. The molecule has 0 aliphatic heterocycles. The molecule has 1 atom stereocenters. The van der Waals surface area contributed by atoms with Crippen molar-refractivity contribution in [3.05, 3.63) is 22.0 Å². The predicted octanol–water partition coefficient (Wildman–Crippen LogP) is -0.106. The first-order chi connectivity index (χ1) is 6.54. The van der Waals surface area contributed by atoms with Crippen molar-refractivity contribution in [2.75, 3.05) is 0 Å². The van der Waals surface area contributed by atoms with Gasteiger partial charge >= 0.3 is 0 Å². The molecule has 0 bridgehead atoms. The van der Waals surface area contributed by atoms with Crippen molar-refractivity contribution in [1.82, 2.24) is 9.97 Å². The maximum atomic E-state index is 12.6. The van der Waals surface area contributed by atoms with Crippen LogP contribution in [0.1, 0.15) is 19.2 Å². The van der Waals surface area contributed by atoms with E-state index in [1.165, 1.54) is 0 Å². The van der Waals surface area contributed by atoms with Crippen LogP contribution in [0.5, 0.6) is 5.88 Å². The van der Waals surface area contributed by atoms with Gasteiger partial charge in [-0.15, -0.1) is 0 Å². The second-order valence-corrected chi connectivity index (χ2v) is 3.02. The lowest BCUT2D eigenvalue weighted by Crippen LogP contribution is -2.25. The Morgan fingerprint density at radius 3 is 2.86 bits per heavy atom. The fraction of sp³-hybridized carbons (Fsp3) is 0.500. The van der Waals surface area contributed by atoms with Crippen LogP contribution in [-0.2, 0) is 6.42 Å². The van der Waals surface area contributed by atoms with Gasteiger partial charge in [-0.1, -0.05) is 6.92 Å². The van der Waals surface area contributed by atoms with Crippen LogP contribution in [0.15, 0.2) is 4.79 Å². The summed E-state index contributed by atoms with van der Waals surface area (Å²) in [6, 6.07) is -0.164. The first-order valence-electron chi connectivity index (χ1n) is 4.27. The van der Waals surface area contributed by atoms with E-state index in [2.05, 4.69) is 9.97 Å². The third kappa shape index (κ3) is 2.29. The van der Waals surface area contributed by atoms with Crippen LogP contribution in [0.25, 0.3) is 0 Å². The van der Waals surface area contributed by atoms with Gasteiger partial charge in [0, 0.05) is 12.5 Å². The Morgan fingerprint density at radius 2 is 2.36 bits per heavy atom. The molecule has 1 rings (SSSR count). The Kier molecular flexibility index (Phi) is 3.19. The number of rotatable bonds is 3. The molecule has 14 heavy (non-hydrogen) atoms. The highest BCUT2D eigenvalue weighted by Crippen LogP contribution is 2.06. The summed E-state index contributed by atoms with van der Waals surface area (Å²) < 4.78 is 12.6. The second kappa shape index (κ2) is 4.19. The number of nitrogens with two attached hydrogens (primary N) is 1. The van der Waals surface area contributed by atoms with Gasteiger partial charge in [0.1, 0.15) is 5.82 Å². The minimum absolute atomic E-state index is 0.164. The Hall–Kier alpha value is -1.43. The van der Waals surface area contributed by atoms with E-state index in [-0.39, 0.29) is 11.9 Å². The summed E-state index contributed by atoms with van der Waals surface area (Å²) in [5.41, 5.74) is 4.63. The molecule has 0 aliphatic rings. The Morgan fingerprint density at radius 1 is 1.71 bits per heavy atom. The van der Waals surface area contributed by atoms with Crippen molar-refractivity contribution in [3.63, 3.8) is 0 Å². The molecule has 0 aromatic carbocycles. The molecular formula is C8H12FN3O2. The minimum Gasteiger partial charge on any atom is -0.491 e. The molecule has 0 fully saturated rings. The molecule has 0 radical (unpaired) electrons. The highest BCUT2D eigenvalue weighted by atomic mass is 19.1. The molecule has 6 heteroatoms. The predicted molar refractivity (Wildman–Crippen MR) is 48.5 cm³/mol. The molecule has 78 valence electrons. The van der Waals surface area contributed by atoms with Crippen LogP contribution in [0.4, 0.5) is 4.39 Å². The average molecular weight is 201 g/mol. The summed E-state index contributed by atoms with van der Waals surface area (Å²) in [7, 11) is 0. The van der Waals surface area contributed by atoms with Crippen LogP contribution >= 0.6 is 0 Å². The second-order valence-electron chi connectivity index (χ2n) is 3.02. The maximum absolute atomic E-state index is 12.6. The van der Waals surface area contributed by atoms with E-state index in [1.54, 1.807) is 0 Å². The molecule has 0 amide bonds. The SMILES string of the molecule is CCC(N)Cc1nc(O)c(F)c(=O)[nH]1. The minimum atomic E-state index is -1.26. The maximum Gasteiger partial charge on any atom is 0.291 e. The summed E-state index contributed by atoms with van der Waals surface area (Å²) in [4.78, 5) is 16.5. The standard InChI is InChI=1S/C8H12FN3O2/c1-2-4(10)3-5-11-7(13)6(9)8(14)12-5/h4H,2-3,10H2,1H3,(H2,11,12,13,14). The molecule has 0 spiro atoms. The number of aromatic hydroxyl groups is 1. The van der Waals surface area contributed by atoms with Crippen molar-refractivity contribution >= 4 is 0 Å². The number of nitrogens with zero attached hydrogens (tertiary/aromatic N) is 1. The third-order valence-corrected chi connectivity index (χ3v) is 1.87. The highest BCUT2D eigenvalue weighted by Gasteiger charge is 2.11. The zero-order chi connectivity index (χ0) is 10.7. The van der Waals surface area contributed by atoms with E-state index >= 15 is 0 Å². The zero-order valence-electron chi connectivity index (χ0n) is 7.75. The monoisotopic (exact) mass is 201 g/mol. The van der Waals surface area contributed by atoms with Crippen molar-refractivity contribution in [2.45, 2.75) is 25.8 Å². The summed E-state index contributed by atoms with van der Waals surface area (Å²) in [6.07, 6.45) is 1.02. The molecular weight excluding hydrogens is 189 g/mol. The molecule has 1 aromatic rings. The van der Waals surface area contributed by atoms with Crippen LogP contribution < -0.4 is 11.3 Å². The quantitative estimate of drug-likeness (QED) is 0.636. The molecule has 5 nitrogen and oxygen atoms in total. The van der Waals surface area contributed by atoms with Crippen LogP contribution in [0.2, 0.25) is 0 Å². The van der Waals surface area contributed by atoms with E-state index in [4.69, 9.17) is 10.8 Å². The average Bonchev–Trinajstić information content (AvgIpc) is 2.14. The Bertz CT molecular complexity index is 377. The lowest BCUT2D eigenvalue weighted by Gasteiger charge is -2.07. The highest BCUT2D eigenvalue weighted by molar-refractivity contribution is 5.10. The van der Waals surface area contributed by atoms with Crippen LogP contribution in [0.3, 0.4) is 0 Å². The van der Waals surface area contributed by atoms with Gasteiger partial charge in [-0.3, -0.25) is 4.79 Å². The smallest absolute Gasteiger partial charge is 0.291 e. The number of aromatic nitrogens is 2. The van der Waals surface area contributed by atoms with E-state index in [0.717, 1.165) is 0 Å². The molecule has 0 saturated carbocycles. The Balaban J connectivity index is 2.96. The summed E-state index contributed by atoms with van der Waals surface area (Å²) in [6.45, 7) is 1.88. The lowest BCUT2D eigenvalue weighted by molar-refractivity contribution is 0.399. The number of halogens is 1. The van der Waals surface area contributed by atoms with Gasteiger partial charge in [0.15, 0.2) is 0 Å². The molecule has 0 aliphatic carbocycles. The molecule has 1 unspecified atom stereocenters. The van der Waals surface area contributed by atoms with Gasteiger partial charge < -0.3 is 15.8 Å². The fourth-order valence-corrected chi connectivity index (χ4v) is 0.982. The van der Waals surface area contributed by atoms with Crippen molar-refractivity contribution < 1.29 is 9.50 Å². The normalized spacial score (nSPS) is 12.8. The number of H-pyrrole nitrogens is 1. The molecule has 0 saturated heterocycles. The summed E-state index contributed by atoms with van der Waals surface area (Å²) in [5, 5.41) is 8.92. The first-order valence-corrected chi connectivity index (χ1v) is 4.27. The first kappa shape index (κ1) is 10.6. The van der Waals surface area contributed by atoms with Crippen LogP contribution in [-0.4, -0.2) is 21.1 Å². The van der Waals surface area contributed by atoms with Crippen molar-refractivity contribution in [2.24, 2.45) is 5.73 Å². The molecule has 4 N–H and O–H groups in total. The van der Waals surface area contributed by atoms with Gasteiger partial charge in [0.2, 0.25) is 5.82 Å². The summed E-state index contributed by atoms with van der Waals surface area (Å²) in [5.74, 6) is -1.95. The topological polar surface area (TPSA) is 92.0 Å². The largest absolute Gasteiger partial charge is 0.491 e. The van der Waals surface area contributed by atoms with Gasteiger partial charge in [0.05, 0.1) is 0 Å². The van der Waals surface area contributed by atoms with Gasteiger partial charge in [-0.25, -0.2) is 0 Å². The van der Waals surface area contributed by atoms with Gasteiger partial charge in [0.25, 0.3) is 11.4 Å². The fourth-order valence-electron chi connectivity index (χ4n) is 0.982. The van der Waals surface area contributed by atoms with E-state index in [0.29, 0.717) is 12.8 Å². The molecule has 1 aromatic heterocycles. The van der Waals surface area contributed by atoms with E-state index < -0.39 is 17.3 Å². The zero-order valence-corrected chi connectivity index (χ0v) is 7.75. The number of hydrogen-bond acceptors (Lipinski definition) is 4. The Labute approximate surface area is 79.8 Å². The van der Waals surface area contributed by atoms with E-state index in [1.807, 2.05) is 6.92 Å². The number of hydrogen-bond donors (Lipinski definition) is 3. The molecule has 1 heterocycles. The van der Waals surface area contributed by atoms with Crippen molar-refractivity contribution in [3.8, 4) is 5.88 Å². The number of aromatic amines is 1. The summed E-state index contributed by atoms with van der Waals surface area (Å²) >= 11 is 0. The number of nitrogens with one attached hydrogen (secondary N) is 1. The van der Waals surface area contributed by atoms with Gasteiger partial charge in [-0.05, 0) is 6.42 Å². The van der Waals surface area contributed by atoms with E-state index in [9.17, 15) is 9.18 Å². The lowest BCUT2D eigenvalue weighted by atomic mass is 10.1. The van der Waals surface area contributed by atoms with Gasteiger partial charge in [-0.2, -0.15) is 9.37 Å². The van der Waals surface area contributed by atoms with Crippen LogP contribution in [0, 0.1) is 5.82 Å².